The first-order chi connectivity index (χ1) is 1.89. The molecule has 0 bridgehead atoms. The van der Waals surface area contributed by atoms with Crippen LogP contribution in [-0.2, 0) is 0 Å². The highest BCUT2D eigenvalue weighted by molar-refractivity contribution is 4.86. The van der Waals surface area contributed by atoms with Crippen molar-refractivity contribution in [1.82, 2.24) is 5.32 Å². The first kappa shape index (κ1) is 2.18. The zero-order valence-electron chi connectivity index (χ0n) is 2.28. The van der Waals surface area contributed by atoms with Crippen LogP contribution in [0.15, 0.2) is 0 Å². The van der Waals surface area contributed by atoms with Crippen molar-refractivity contribution in [2.75, 3.05) is 6.54 Å². The van der Waals surface area contributed by atoms with Crippen LogP contribution in [0.25, 0.3) is 5.73 Å². The van der Waals surface area contributed by atoms with Crippen molar-refractivity contribution in [2.45, 2.75) is 6.17 Å². The molecule has 0 saturated carbocycles. The van der Waals surface area contributed by atoms with Crippen LogP contribution in [0.5, 0.6) is 0 Å². The lowest BCUT2D eigenvalue weighted by atomic mass is 10.8. The van der Waals surface area contributed by atoms with Gasteiger partial charge in [-0.2, -0.15) is 0 Å². The monoisotopic (exact) mass is 57.0 g/mol. The number of nitrogens with one attached hydrogen (secondary N) is 2. The Balaban J connectivity index is 2.17. The van der Waals surface area contributed by atoms with Crippen LogP contribution in [-0.4, -0.2) is 12.7 Å². The summed E-state index contributed by atoms with van der Waals surface area (Å²) in [6.45, 7) is 0.903. The second-order valence-electron chi connectivity index (χ2n) is 0.961. The van der Waals surface area contributed by atoms with Crippen molar-refractivity contribution in [3.63, 3.8) is 0 Å². The van der Waals surface area contributed by atoms with Gasteiger partial charge in [-0.15, -0.1) is 0 Å². The van der Waals surface area contributed by atoms with E-state index in [0.717, 1.165) is 6.54 Å². The van der Waals surface area contributed by atoms with Gasteiger partial charge in [0.15, 0.2) is 0 Å². The molecule has 1 aliphatic heterocycles. The lowest BCUT2D eigenvalue weighted by molar-refractivity contribution is 1.22. The van der Waals surface area contributed by atoms with Crippen LogP contribution in [0.1, 0.15) is 0 Å². The third kappa shape index (κ3) is 0.191. The Bertz CT molecular complexity index is 23.2. The van der Waals surface area contributed by atoms with Crippen LogP contribution in [0.3, 0.4) is 0 Å². The van der Waals surface area contributed by atoms with Crippen molar-refractivity contribution >= 4 is 0 Å². The molecule has 24 valence electrons. The molecule has 0 spiro atoms. The van der Waals surface area contributed by atoms with Crippen molar-refractivity contribution in [1.29, 1.82) is 0 Å². The second kappa shape index (κ2) is 0.445. The SMILES string of the molecule is [NH-][C@@H]1CN1. The summed E-state index contributed by atoms with van der Waals surface area (Å²) in [5.41, 5.74) is 6.58. The van der Waals surface area contributed by atoms with Gasteiger partial charge in [0, 0.05) is 0 Å². The maximum absolute atomic E-state index is 6.58. The molecule has 0 amide bonds. The molecule has 1 fully saturated rings. The molecule has 2 N–H and O–H groups in total. The molecule has 0 unspecified atom stereocenters. The van der Waals surface area contributed by atoms with Crippen molar-refractivity contribution in [2.24, 2.45) is 0 Å². The molecule has 1 heterocycles. The molecular weight excluding hydrogens is 52.0 g/mol. The van der Waals surface area contributed by atoms with Gasteiger partial charge in [0.05, 0.1) is 0 Å². The minimum Gasteiger partial charge on any atom is -0.661 e. The lowest BCUT2D eigenvalue weighted by Crippen LogP contribution is -1.71. The van der Waals surface area contributed by atoms with E-state index in [2.05, 4.69) is 5.32 Å². The fraction of sp³-hybridized carbons (Fsp3) is 1.00. The molecule has 2 heteroatoms. The van der Waals surface area contributed by atoms with Gasteiger partial charge in [-0.25, -0.2) is 0 Å². The molecule has 4 heavy (non-hydrogen) atoms. The summed E-state index contributed by atoms with van der Waals surface area (Å²) >= 11 is 0. The Kier molecular flexibility index (Phi) is 0.242. The molecule has 0 aromatic heterocycles. The maximum atomic E-state index is 6.58. The third-order valence-corrected chi connectivity index (χ3v) is 0.408. The Morgan fingerprint density at radius 1 is 2.00 bits per heavy atom. The van der Waals surface area contributed by atoms with E-state index in [1.54, 1.807) is 0 Å². The highest BCUT2D eigenvalue weighted by atomic mass is 15.2. The smallest absolute Gasteiger partial charge is 0.0103 e. The van der Waals surface area contributed by atoms with E-state index < -0.39 is 0 Å². The van der Waals surface area contributed by atoms with E-state index in [4.69, 9.17) is 5.73 Å². The molecular formula is C2H5N2-. The minimum atomic E-state index is 0.0833. The second-order valence-corrected chi connectivity index (χ2v) is 0.961. The average molecular weight is 57.1 g/mol. The number of rotatable bonds is 0. The highest BCUT2D eigenvalue weighted by Crippen LogP contribution is 1.91. The largest absolute Gasteiger partial charge is 0.661 e. The van der Waals surface area contributed by atoms with E-state index in [-0.39, 0.29) is 6.17 Å². The minimum absolute atomic E-state index is 0.0833. The summed E-state index contributed by atoms with van der Waals surface area (Å²) in [5.74, 6) is 0. The molecule has 0 radical (unpaired) electrons. The maximum Gasteiger partial charge on any atom is -0.0103 e. The quantitative estimate of drug-likeness (QED) is 0.390. The van der Waals surface area contributed by atoms with Gasteiger partial charge < -0.3 is 11.1 Å². The fourth-order valence-electron chi connectivity index (χ4n) is 0.0589. The van der Waals surface area contributed by atoms with Crippen LogP contribution in [0, 0.1) is 0 Å². The van der Waals surface area contributed by atoms with E-state index in [0.29, 0.717) is 0 Å². The Morgan fingerprint density at radius 3 is 2.25 bits per heavy atom. The van der Waals surface area contributed by atoms with Crippen LogP contribution < -0.4 is 5.32 Å². The summed E-state index contributed by atoms with van der Waals surface area (Å²) in [4.78, 5) is 0. The predicted molar refractivity (Wildman–Crippen MR) is 16.1 cm³/mol. The molecule has 0 aromatic carbocycles. The van der Waals surface area contributed by atoms with Gasteiger partial charge in [-0.1, -0.05) is 6.17 Å². The zero-order chi connectivity index (χ0) is 2.99. The van der Waals surface area contributed by atoms with Gasteiger partial charge in [0.1, 0.15) is 0 Å². The predicted octanol–water partition coefficient (Wildman–Crippen LogP) is -0.0321. The summed E-state index contributed by atoms with van der Waals surface area (Å²) in [7, 11) is 0. The first-order valence-corrected chi connectivity index (χ1v) is 1.34. The van der Waals surface area contributed by atoms with Gasteiger partial charge in [0.2, 0.25) is 0 Å². The van der Waals surface area contributed by atoms with Gasteiger partial charge >= 0.3 is 0 Å². The summed E-state index contributed by atoms with van der Waals surface area (Å²) in [6.07, 6.45) is 0.0833. The molecule has 1 atom stereocenters. The Labute approximate surface area is 25.0 Å². The first-order valence-electron chi connectivity index (χ1n) is 1.34. The molecule has 2 nitrogen and oxygen atoms in total. The molecule has 0 aliphatic carbocycles. The fourth-order valence-corrected chi connectivity index (χ4v) is 0.0589. The topological polar surface area (TPSA) is 45.7 Å². The van der Waals surface area contributed by atoms with Crippen LogP contribution in [0.4, 0.5) is 0 Å². The van der Waals surface area contributed by atoms with Gasteiger partial charge in [-0.3, -0.25) is 0 Å². The Morgan fingerprint density at radius 2 is 2.25 bits per heavy atom. The van der Waals surface area contributed by atoms with E-state index >= 15 is 0 Å². The van der Waals surface area contributed by atoms with Gasteiger partial charge in [0.25, 0.3) is 0 Å². The third-order valence-electron chi connectivity index (χ3n) is 0.408. The summed E-state index contributed by atoms with van der Waals surface area (Å²) in [6, 6.07) is 0. The highest BCUT2D eigenvalue weighted by Gasteiger charge is 2.01. The number of hydrogen-bond acceptors (Lipinski definition) is 1. The lowest BCUT2D eigenvalue weighted by Gasteiger charge is -1.76. The van der Waals surface area contributed by atoms with Crippen molar-refractivity contribution in [3.05, 3.63) is 5.73 Å². The molecule has 0 aromatic rings. The Hall–Kier alpha value is -0.0800. The average Bonchev–Trinajstić information content (AvgIpc) is 1.75. The van der Waals surface area contributed by atoms with Crippen LogP contribution >= 0.6 is 0 Å². The molecule has 1 aliphatic rings. The van der Waals surface area contributed by atoms with E-state index in [1.807, 2.05) is 0 Å². The van der Waals surface area contributed by atoms with Crippen LogP contribution in [0.2, 0.25) is 0 Å². The summed E-state index contributed by atoms with van der Waals surface area (Å²) < 4.78 is 0. The molecule has 1 saturated heterocycles. The normalized spacial score (nSPS) is 39.8. The van der Waals surface area contributed by atoms with E-state index in [1.165, 1.54) is 0 Å². The standard InChI is InChI=1S/C2H5N2/c3-2-1-4-2/h2-4H,1H2/q-1/t2-/m0/s1. The van der Waals surface area contributed by atoms with E-state index in [9.17, 15) is 0 Å². The van der Waals surface area contributed by atoms with Gasteiger partial charge in [-0.05, 0) is 6.54 Å². The zero-order valence-corrected chi connectivity index (χ0v) is 2.28. The number of hydrogen-bond donors (Lipinski definition) is 1. The molecule has 1 rings (SSSR count). The summed E-state index contributed by atoms with van der Waals surface area (Å²) in [5, 5.41) is 2.76. The van der Waals surface area contributed by atoms with Crippen molar-refractivity contribution < 1.29 is 0 Å². The van der Waals surface area contributed by atoms with Crippen molar-refractivity contribution in [3.8, 4) is 0 Å².